The van der Waals surface area contributed by atoms with Crippen LogP contribution in [0.4, 0.5) is 17.1 Å². The van der Waals surface area contributed by atoms with Gasteiger partial charge in [-0.3, -0.25) is 9.59 Å². The van der Waals surface area contributed by atoms with Gasteiger partial charge >= 0.3 is 0 Å². The summed E-state index contributed by atoms with van der Waals surface area (Å²) in [5, 5.41) is 8.83. The fourth-order valence-corrected chi connectivity index (χ4v) is 3.02. The average Bonchev–Trinajstić information content (AvgIpc) is 2.76. The van der Waals surface area contributed by atoms with Crippen molar-refractivity contribution in [3.8, 4) is 5.75 Å². The highest BCUT2D eigenvalue weighted by molar-refractivity contribution is 6.04. The second-order valence-corrected chi connectivity index (χ2v) is 7.21. The van der Waals surface area contributed by atoms with Crippen LogP contribution in [0.15, 0.2) is 66.7 Å². The van der Waals surface area contributed by atoms with Crippen LogP contribution in [0.2, 0.25) is 0 Å². The first-order valence-electron chi connectivity index (χ1n) is 10.2. The predicted molar refractivity (Wildman–Crippen MR) is 125 cm³/mol. The molecule has 6 nitrogen and oxygen atoms in total. The first-order chi connectivity index (χ1) is 14.9. The van der Waals surface area contributed by atoms with E-state index in [1.807, 2.05) is 51.1 Å². The van der Waals surface area contributed by atoms with Gasteiger partial charge in [0, 0.05) is 22.6 Å². The molecule has 0 aliphatic heterocycles. The van der Waals surface area contributed by atoms with Crippen molar-refractivity contribution < 1.29 is 14.3 Å². The lowest BCUT2D eigenvalue weighted by Crippen LogP contribution is -2.22. The average molecular weight is 418 g/mol. The van der Waals surface area contributed by atoms with Gasteiger partial charge in [0.25, 0.3) is 5.91 Å². The second kappa shape index (κ2) is 10.3. The van der Waals surface area contributed by atoms with Gasteiger partial charge in [-0.05, 0) is 86.5 Å². The summed E-state index contributed by atoms with van der Waals surface area (Å²) >= 11 is 0. The molecule has 0 heterocycles. The molecule has 3 aromatic carbocycles. The molecule has 0 saturated heterocycles. The molecule has 0 radical (unpaired) electrons. The Morgan fingerprint density at radius 2 is 1.48 bits per heavy atom. The van der Waals surface area contributed by atoms with Crippen LogP contribution in [0.5, 0.6) is 5.75 Å². The summed E-state index contributed by atoms with van der Waals surface area (Å²) in [5.74, 6) is 0.374. The number of hydrogen-bond acceptors (Lipinski definition) is 4. The lowest BCUT2D eigenvalue weighted by atomic mass is 10.1. The number of anilines is 3. The Kier molecular flexibility index (Phi) is 7.27. The van der Waals surface area contributed by atoms with Crippen molar-refractivity contribution in [2.75, 3.05) is 29.1 Å². The van der Waals surface area contributed by atoms with Crippen molar-refractivity contribution in [2.45, 2.75) is 20.8 Å². The maximum atomic E-state index is 12.4. The molecule has 31 heavy (non-hydrogen) atoms. The fraction of sp³-hybridized carbons (Fsp3) is 0.200. The van der Waals surface area contributed by atoms with E-state index in [4.69, 9.17) is 4.74 Å². The van der Waals surface area contributed by atoms with Crippen molar-refractivity contribution in [3.63, 3.8) is 0 Å². The lowest BCUT2D eigenvalue weighted by molar-refractivity contribution is -0.114. The number of nitrogens with one attached hydrogen (secondary N) is 3. The van der Waals surface area contributed by atoms with Gasteiger partial charge in [-0.15, -0.1) is 0 Å². The summed E-state index contributed by atoms with van der Waals surface area (Å²) in [6.07, 6.45) is 0. The van der Waals surface area contributed by atoms with Gasteiger partial charge in [0.05, 0.1) is 13.2 Å². The lowest BCUT2D eigenvalue weighted by Gasteiger charge is -2.11. The molecule has 0 unspecified atom stereocenters. The first kappa shape index (κ1) is 21.9. The van der Waals surface area contributed by atoms with E-state index in [0.717, 1.165) is 22.6 Å². The summed E-state index contributed by atoms with van der Waals surface area (Å²) in [4.78, 5) is 24.7. The van der Waals surface area contributed by atoms with E-state index in [-0.39, 0.29) is 18.4 Å². The molecule has 0 aromatic heterocycles. The van der Waals surface area contributed by atoms with Crippen LogP contribution in [0.25, 0.3) is 0 Å². The molecule has 0 aliphatic carbocycles. The molecule has 2 amide bonds. The van der Waals surface area contributed by atoms with Gasteiger partial charge in [-0.1, -0.05) is 12.1 Å². The maximum Gasteiger partial charge on any atom is 0.255 e. The minimum Gasteiger partial charge on any atom is -0.494 e. The topological polar surface area (TPSA) is 79.5 Å². The molecule has 0 saturated carbocycles. The molecule has 0 atom stereocenters. The number of carbonyl (C=O) groups is 2. The van der Waals surface area contributed by atoms with Crippen molar-refractivity contribution >= 4 is 28.9 Å². The molecular formula is C25H27N3O3. The van der Waals surface area contributed by atoms with Crippen molar-refractivity contribution in [3.05, 3.63) is 83.4 Å². The van der Waals surface area contributed by atoms with Crippen LogP contribution >= 0.6 is 0 Å². The Balaban J connectivity index is 1.52. The highest BCUT2D eigenvalue weighted by Crippen LogP contribution is 2.18. The van der Waals surface area contributed by atoms with Gasteiger partial charge in [0.15, 0.2) is 0 Å². The molecule has 0 fully saturated rings. The van der Waals surface area contributed by atoms with Crippen molar-refractivity contribution in [1.29, 1.82) is 0 Å². The number of aryl methyl sites for hydroxylation is 2. The van der Waals surface area contributed by atoms with Crippen LogP contribution in [-0.2, 0) is 4.79 Å². The van der Waals surface area contributed by atoms with Gasteiger partial charge in [0.2, 0.25) is 5.91 Å². The Labute approximate surface area is 182 Å². The normalized spacial score (nSPS) is 10.3. The molecule has 0 aliphatic rings. The monoisotopic (exact) mass is 417 g/mol. The molecule has 160 valence electrons. The number of benzene rings is 3. The quantitative estimate of drug-likeness (QED) is 0.482. The third-order valence-corrected chi connectivity index (χ3v) is 4.69. The van der Waals surface area contributed by atoms with E-state index in [1.165, 1.54) is 0 Å². The number of carbonyl (C=O) groups excluding carboxylic acids is 2. The van der Waals surface area contributed by atoms with Crippen molar-refractivity contribution in [1.82, 2.24) is 0 Å². The van der Waals surface area contributed by atoms with Gasteiger partial charge in [0.1, 0.15) is 5.75 Å². The third-order valence-electron chi connectivity index (χ3n) is 4.69. The van der Waals surface area contributed by atoms with E-state index in [9.17, 15) is 9.59 Å². The van der Waals surface area contributed by atoms with Crippen LogP contribution in [0, 0.1) is 13.8 Å². The SMILES string of the molecule is CCOc1ccc(NC(=O)c2ccc(NC(=O)CNc3cc(C)ccc3C)cc2)cc1. The summed E-state index contributed by atoms with van der Waals surface area (Å²) in [5.41, 5.74) is 4.97. The Morgan fingerprint density at radius 3 is 2.16 bits per heavy atom. The molecule has 3 rings (SSSR count). The first-order valence-corrected chi connectivity index (χ1v) is 10.2. The molecular weight excluding hydrogens is 390 g/mol. The highest BCUT2D eigenvalue weighted by atomic mass is 16.5. The van der Waals surface area contributed by atoms with E-state index in [1.54, 1.807) is 36.4 Å². The fourth-order valence-electron chi connectivity index (χ4n) is 3.02. The number of amides is 2. The minimum atomic E-state index is -0.223. The van der Waals surface area contributed by atoms with E-state index in [2.05, 4.69) is 16.0 Å². The maximum absolute atomic E-state index is 12.4. The summed E-state index contributed by atoms with van der Waals surface area (Å²) in [7, 11) is 0. The Hall–Kier alpha value is -3.80. The van der Waals surface area contributed by atoms with Gasteiger partial charge < -0.3 is 20.7 Å². The molecule has 0 bridgehead atoms. The zero-order valence-corrected chi connectivity index (χ0v) is 18.0. The third kappa shape index (κ3) is 6.34. The second-order valence-electron chi connectivity index (χ2n) is 7.21. The van der Waals surface area contributed by atoms with Crippen molar-refractivity contribution in [2.24, 2.45) is 0 Å². The standard InChI is InChI=1S/C25H27N3O3/c1-4-31-22-13-11-21(12-14-22)28-25(30)19-7-9-20(10-8-19)27-24(29)16-26-23-15-17(2)5-6-18(23)3/h5-15,26H,4,16H2,1-3H3,(H,27,29)(H,28,30). The van der Waals surface area contributed by atoms with Crippen LogP contribution < -0.4 is 20.7 Å². The van der Waals surface area contributed by atoms with E-state index in [0.29, 0.717) is 23.5 Å². The Morgan fingerprint density at radius 1 is 0.839 bits per heavy atom. The number of ether oxygens (including phenoxy) is 1. The number of rotatable bonds is 8. The summed E-state index contributed by atoms with van der Waals surface area (Å²) in [6.45, 7) is 6.68. The zero-order valence-electron chi connectivity index (χ0n) is 18.0. The van der Waals surface area contributed by atoms with E-state index < -0.39 is 0 Å². The minimum absolute atomic E-state index is 0.157. The molecule has 0 spiro atoms. The summed E-state index contributed by atoms with van der Waals surface area (Å²) in [6, 6.07) is 20.1. The smallest absolute Gasteiger partial charge is 0.255 e. The van der Waals surface area contributed by atoms with Crippen LogP contribution in [0.1, 0.15) is 28.4 Å². The highest BCUT2D eigenvalue weighted by Gasteiger charge is 2.08. The van der Waals surface area contributed by atoms with Gasteiger partial charge in [-0.2, -0.15) is 0 Å². The van der Waals surface area contributed by atoms with Gasteiger partial charge in [-0.25, -0.2) is 0 Å². The number of hydrogen-bond donors (Lipinski definition) is 3. The molecule has 3 N–H and O–H groups in total. The van der Waals surface area contributed by atoms with E-state index >= 15 is 0 Å². The zero-order chi connectivity index (χ0) is 22.2. The van der Waals surface area contributed by atoms with Crippen LogP contribution in [0.3, 0.4) is 0 Å². The van der Waals surface area contributed by atoms with Crippen LogP contribution in [-0.4, -0.2) is 25.0 Å². The predicted octanol–water partition coefficient (Wildman–Crippen LogP) is 5.01. The molecule has 3 aromatic rings. The largest absolute Gasteiger partial charge is 0.494 e. The summed E-state index contributed by atoms with van der Waals surface area (Å²) < 4.78 is 5.40. The molecule has 6 heteroatoms. The Bertz CT molecular complexity index is 1040.